The molecule has 0 spiro atoms. The van der Waals surface area contributed by atoms with Gasteiger partial charge < -0.3 is 33.5 Å². The summed E-state index contributed by atoms with van der Waals surface area (Å²) < 4.78 is 32.2. The van der Waals surface area contributed by atoms with E-state index >= 15 is 0 Å². The van der Waals surface area contributed by atoms with Gasteiger partial charge in [-0.05, 0) is 47.5 Å². The van der Waals surface area contributed by atoms with Crippen LogP contribution in [0.15, 0.2) is 60.2 Å². The number of benzene rings is 3. The van der Waals surface area contributed by atoms with Gasteiger partial charge in [-0.1, -0.05) is 18.2 Å². The summed E-state index contributed by atoms with van der Waals surface area (Å²) in [6.07, 6.45) is 0.0137. The van der Waals surface area contributed by atoms with E-state index in [1.54, 1.807) is 42.5 Å². The predicted octanol–water partition coefficient (Wildman–Crippen LogP) is 4.41. The van der Waals surface area contributed by atoms with E-state index in [9.17, 15) is 14.7 Å². The van der Waals surface area contributed by atoms with Crippen molar-refractivity contribution in [3.05, 3.63) is 76.9 Å². The Morgan fingerprint density at radius 2 is 1.43 bits per heavy atom. The molecular formula is C28H26O9. The van der Waals surface area contributed by atoms with E-state index in [0.29, 0.717) is 34.1 Å². The first kappa shape index (κ1) is 25.4. The van der Waals surface area contributed by atoms with Crippen molar-refractivity contribution in [1.82, 2.24) is 0 Å². The molecule has 0 saturated carbocycles. The van der Waals surface area contributed by atoms with Gasteiger partial charge in [-0.2, -0.15) is 0 Å². The van der Waals surface area contributed by atoms with Crippen LogP contribution in [-0.4, -0.2) is 52.1 Å². The summed E-state index contributed by atoms with van der Waals surface area (Å²) in [7, 11) is 5.85. The molecular weight excluding hydrogens is 480 g/mol. The molecule has 0 atom stereocenters. The molecule has 9 nitrogen and oxygen atoms in total. The molecule has 1 N–H and O–H groups in total. The molecule has 37 heavy (non-hydrogen) atoms. The molecule has 0 unspecified atom stereocenters. The van der Waals surface area contributed by atoms with E-state index in [0.717, 1.165) is 0 Å². The quantitative estimate of drug-likeness (QED) is 0.316. The second-order valence-electron chi connectivity index (χ2n) is 7.99. The molecule has 3 aromatic rings. The SMILES string of the molecule is COc1ccc(C(C(=O)O)=C(Cc2ccc3c(c2)OCO3)C(=O)c2cc(OC)c(OC)c(OC)c2)cc1. The highest BCUT2D eigenvalue weighted by Crippen LogP contribution is 2.40. The van der Waals surface area contributed by atoms with Crippen LogP contribution < -0.4 is 28.4 Å². The van der Waals surface area contributed by atoms with Crippen LogP contribution in [0.3, 0.4) is 0 Å². The van der Waals surface area contributed by atoms with E-state index in [-0.39, 0.29) is 41.4 Å². The molecule has 0 bridgehead atoms. The van der Waals surface area contributed by atoms with Crippen molar-refractivity contribution in [2.24, 2.45) is 0 Å². The lowest BCUT2D eigenvalue weighted by Crippen LogP contribution is -2.14. The van der Waals surface area contributed by atoms with E-state index in [2.05, 4.69) is 0 Å². The number of carboxylic acid groups (broad SMARTS) is 1. The van der Waals surface area contributed by atoms with Gasteiger partial charge in [0.1, 0.15) is 5.75 Å². The second-order valence-corrected chi connectivity index (χ2v) is 7.99. The maximum Gasteiger partial charge on any atom is 0.336 e. The summed E-state index contributed by atoms with van der Waals surface area (Å²) in [6, 6.07) is 14.7. The zero-order valence-electron chi connectivity index (χ0n) is 20.8. The topological polar surface area (TPSA) is 110 Å². The normalized spacial score (nSPS) is 12.4. The van der Waals surface area contributed by atoms with Crippen molar-refractivity contribution in [3.63, 3.8) is 0 Å². The van der Waals surface area contributed by atoms with Gasteiger partial charge in [0.15, 0.2) is 28.8 Å². The number of hydrogen-bond donors (Lipinski definition) is 1. The molecule has 0 aromatic heterocycles. The summed E-state index contributed by atoms with van der Waals surface area (Å²) >= 11 is 0. The molecule has 0 aliphatic carbocycles. The fraction of sp³-hybridized carbons (Fsp3) is 0.214. The predicted molar refractivity (Wildman–Crippen MR) is 134 cm³/mol. The monoisotopic (exact) mass is 506 g/mol. The van der Waals surface area contributed by atoms with Gasteiger partial charge in [0, 0.05) is 17.6 Å². The summed E-state index contributed by atoms with van der Waals surface area (Å²) in [4.78, 5) is 26.6. The van der Waals surface area contributed by atoms with Crippen molar-refractivity contribution in [1.29, 1.82) is 0 Å². The molecule has 192 valence electrons. The number of aliphatic carboxylic acids is 1. The number of allylic oxidation sites excluding steroid dienone is 1. The fourth-order valence-electron chi connectivity index (χ4n) is 4.11. The summed E-state index contributed by atoms with van der Waals surface area (Å²) in [6.45, 7) is 0.0953. The number of carbonyl (C=O) groups is 2. The maximum absolute atomic E-state index is 14.0. The van der Waals surface area contributed by atoms with Crippen LogP contribution in [0.2, 0.25) is 0 Å². The summed E-state index contributed by atoms with van der Waals surface area (Å²) in [5, 5.41) is 10.3. The van der Waals surface area contributed by atoms with Gasteiger partial charge in [0.25, 0.3) is 0 Å². The minimum Gasteiger partial charge on any atom is -0.497 e. The van der Waals surface area contributed by atoms with Crippen LogP contribution >= 0.6 is 0 Å². The molecule has 4 rings (SSSR count). The Balaban J connectivity index is 1.90. The van der Waals surface area contributed by atoms with E-state index in [4.69, 9.17) is 28.4 Å². The molecule has 0 fully saturated rings. The minimum absolute atomic E-state index is 0.0137. The molecule has 9 heteroatoms. The Morgan fingerprint density at radius 1 is 0.784 bits per heavy atom. The average molecular weight is 507 g/mol. The first-order valence-corrected chi connectivity index (χ1v) is 11.2. The second kappa shape index (κ2) is 10.9. The number of carboxylic acids is 1. The van der Waals surface area contributed by atoms with Crippen molar-refractivity contribution in [2.45, 2.75) is 6.42 Å². The Labute approximate surface area is 213 Å². The minimum atomic E-state index is -1.25. The highest BCUT2D eigenvalue weighted by atomic mass is 16.7. The van der Waals surface area contributed by atoms with Crippen LogP contribution in [0.4, 0.5) is 0 Å². The lowest BCUT2D eigenvalue weighted by atomic mass is 9.89. The first-order chi connectivity index (χ1) is 17.9. The van der Waals surface area contributed by atoms with Crippen molar-refractivity contribution in [2.75, 3.05) is 35.2 Å². The summed E-state index contributed by atoms with van der Waals surface area (Å²) in [5.74, 6) is 0.769. The number of fused-ring (bicyclic) bond motifs is 1. The Hall–Kier alpha value is -4.66. The van der Waals surface area contributed by atoms with Crippen molar-refractivity contribution < 1.29 is 43.1 Å². The standard InChI is InChI=1S/C28H26O9/c1-32-19-8-6-17(7-9-19)25(28(30)31)20(11-16-5-10-21-22(12-16)37-15-36-21)26(29)18-13-23(33-2)27(35-4)24(14-18)34-3/h5-10,12-14H,11,15H2,1-4H3,(H,30,31). The van der Waals surface area contributed by atoms with Gasteiger partial charge >= 0.3 is 5.97 Å². The number of methoxy groups -OCH3 is 4. The third-order valence-corrected chi connectivity index (χ3v) is 5.91. The van der Waals surface area contributed by atoms with Crippen molar-refractivity contribution >= 4 is 17.3 Å². The maximum atomic E-state index is 14.0. The van der Waals surface area contributed by atoms with E-state index < -0.39 is 11.8 Å². The van der Waals surface area contributed by atoms with Crippen LogP contribution in [-0.2, 0) is 11.2 Å². The van der Waals surface area contributed by atoms with Gasteiger partial charge in [0.2, 0.25) is 12.5 Å². The number of ether oxygens (including phenoxy) is 6. The Kier molecular flexibility index (Phi) is 7.52. The van der Waals surface area contributed by atoms with Crippen LogP contribution in [0.25, 0.3) is 5.57 Å². The van der Waals surface area contributed by atoms with Gasteiger partial charge in [-0.3, -0.25) is 4.79 Å². The number of rotatable bonds is 10. The Bertz CT molecular complexity index is 1330. The van der Waals surface area contributed by atoms with Crippen molar-refractivity contribution in [3.8, 4) is 34.5 Å². The average Bonchev–Trinajstić information content (AvgIpc) is 3.39. The smallest absolute Gasteiger partial charge is 0.336 e. The molecule has 1 aliphatic rings. The molecule has 0 saturated heterocycles. The van der Waals surface area contributed by atoms with E-state index in [1.807, 2.05) is 0 Å². The number of hydrogen-bond acceptors (Lipinski definition) is 8. The zero-order chi connectivity index (χ0) is 26.5. The van der Waals surface area contributed by atoms with Gasteiger partial charge in [-0.15, -0.1) is 0 Å². The lowest BCUT2D eigenvalue weighted by Gasteiger charge is -2.16. The summed E-state index contributed by atoms with van der Waals surface area (Å²) in [5.41, 5.74) is 1.12. The molecule has 1 heterocycles. The lowest BCUT2D eigenvalue weighted by molar-refractivity contribution is -0.130. The fourth-order valence-corrected chi connectivity index (χ4v) is 4.11. The first-order valence-electron chi connectivity index (χ1n) is 11.2. The van der Waals surface area contributed by atoms with E-state index in [1.165, 1.54) is 40.6 Å². The molecule has 0 amide bonds. The highest BCUT2D eigenvalue weighted by Gasteiger charge is 2.27. The number of carbonyl (C=O) groups excluding carboxylic acids is 1. The highest BCUT2D eigenvalue weighted by molar-refractivity contribution is 6.26. The van der Waals surface area contributed by atoms with Crippen LogP contribution in [0, 0.1) is 0 Å². The number of ketones is 1. The zero-order valence-corrected chi connectivity index (χ0v) is 20.8. The van der Waals surface area contributed by atoms with Gasteiger partial charge in [-0.25, -0.2) is 4.79 Å². The third-order valence-electron chi connectivity index (χ3n) is 5.91. The number of Topliss-reactive ketones (excluding diaryl/α,β-unsaturated/α-hetero) is 1. The molecule has 3 aromatic carbocycles. The molecule has 1 aliphatic heterocycles. The molecule has 0 radical (unpaired) electrons. The van der Waals surface area contributed by atoms with Crippen LogP contribution in [0.5, 0.6) is 34.5 Å². The van der Waals surface area contributed by atoms with Crippen LogP contribution in [0.1, 0.15) is 21.5 Å². The largest absolute Gasteiger partial charge is 0.497 e. The Morgan fingerprint density at radius 3 is 2.00 bits per heavy atom. The third kappa shape index (κ3) is 5.16. The van der Waals surface area contributed by atoms with Gasteiger partial charge in [0.05, 0.1) is 34.0 Å².